The molecule has 3 heteroatoms. The summed E-state index contributed by atoms with van der Waals surface area (Å²) in [5.74, 6) is -0.275. The van der Waals surface area contributed by atoms with Gasteiger partial charge in [0.2, 0.25) is 0 Å². The van der Waals surface area contributed by atoms with Gasteiger partial charge in [-0.15, -0.1) is 0 Å². The number of halogens is 1. The van der Waals surface area contributed by atoms with E-state index in [0.29, 0.717) is 0 Å². The van der Waals surface area contributed by atoms with Gasteiger partial charge in [-0.1, -0.05) is 32.1 Å². The van der Waals surface area contributed by atoms with Crippen LogP contribution in [0.25, 0.3) is 6.08 Å². The molecule has 0 fully saturated rings. The molecule has 0 aliphatic carbocycles. The lowest BCUT2D eigenvalue weighted by Gasteiger charge is -2.11. The van der Waals surface area contributed by atoms with Crippen molar-refractivity contribution in [2.75, 3.05) is 6.61 Å². The first-order valence-corrected chi connectivity index (χ1v) is 5.58. The standard InChI is InChI=1S/C14H17FO2/c1-10(2)13(9-17-11(3)16)8-12-4-6-14(15)7-5-12/h4-8,10H,9H2,1-3H3. The number of carbonyl (C=O) groups is 1. The molecule has 17 heavy (non-hydrogen) atoms. The molecule has 0 saturated carbocycles. The largest absolute Gasteiger partial charge is 0.461 e. The molecular formula is C14H17FO2. The number of hydrogen-bond donors (Lipinski definition) is 0. The topological polar surface area (TPSA) is 26.3 Å². The highest BCUT2D eigenvalue weighted by molar-refractivity contribution is 5.66. The number of rotatable bonds is 4. The van der Waals surface area contributed by atoms with Gasteiger partial charge in [0.15, 0.2) is 0 Å². The van der Waals surface area contributed by atoms with E-state index < -0.39 is 0 Å². The highest BCUT2D eigenvalue weighted by Gasteiger charge is 2.05. The Bertz CT molecular complexity index is 405. The number of carbonyl (C=O) groups excluding carboxylic acids is 1. The van der Waals surface area contributed by atoms with Crippen molar-refractivity contribution in [3.63, 3.8) is 0 Å². The molecule has 0 aromatic heterocycles. The van der Waals surface area contributed by atoms with Gasteiger partial charge < -0.3 is 4.74 Å². The van der Waals surface area contributed by atoms with E-state index in [1.54, 1.807) is 12.1 Å². The van der Waals surface area contributed by atoms with Gasteiger partial charge in [-0.25, -0.2) is 4.39 Å². The maximum atomic E-state index is 12.7. The first-order valence-electron chi connectivity index (χ1n) is 5.58. The van der Waals surface area contributed by atoms with Crippen LogP contribution in [0.3, 0.4) is 0 Å². The lowest BCUT2D eigenvalue weighted by Crippen LogP contribution is -2.07. The highest BCUT2D eigenvalue weighted by Crippen LogP contribution is 2.15. The first kappa shape index (κ1) is 13.4. The van der Waals surface area contributed by atoms with Crippen LogP contribution in [0.1, 0.15) is 26.3 Å². The number of benzene rings is 1. The summed E-state index contributed by atoms with van der Waals surface area (Å²) in [4.78, 5) is 10.8. The molecule has 0 spiro atoms. The van der Waals surface area contributed by atoms with Gasteiger partial charge in [0.1, 0.15) is 12.4 Å². The zero-order chi connectivity index (χ0) is 12.8. The molecule has 0 bridgehead atoms. The van der Waals surface area contributed by atoms with Crippen molar-refractivity contribution in [2.24, 2.45) is 5.92 Å². The number of hydrogen-bond acceptors (Lipinski definition) is 2. The summed E-state index contributed by atoms with van der Waals surface area (Å²) in [6, 6.07) is 6.22. The van der Waals surface area contributed by atoms with Crippen LogP contribution in [0.5, 0.6) is 0 Å². The molecule has 0 unspecified atom stereocenters. The molecule has 0 saturated heterocycles. The smallest absolute Gasteiger partial charge is 0.302 e. The third kappa shape index (κ3) is 4.81. The van der Waals surface area contributed by atoms with E-state index in [-0.39, 0.29) is 24.3 Å². The van der Waals surface area contributed by atoms with Crippen LogP contribution >= 0.6 is 0 Å². The second-order valence-corrected chi connectivity index (χ2v) is 4.21. The van der Waals surface area contributed by atoms with Crippen molar-refractivity contribution < 1.29 is 13.9 Å². The predicted octanol–water partition coefficient (Wildman–Crippen LogP) is 3.43. The third-order valence-electron chi connectivity index (χ3n) is 2.41. The number of ether oxygens (including phenoxy) is 1. The average Bonchev–Trinajstić information content (AvgIpc) is 2.26. The van der Waals surface area contributed by atoms with Gasteiger partial charge in [0.25, 0.3) is 0 Å². The van der Waals surface area contributed by atoms with Crippen LogP contribution in [0, 0.1) is 11.7 Å². The van der Waals surface area contributed by atoms with Crippen LogP contribution in [-0.4, -0.2) is 12.6 Å². The lowest BCUT2D eigenvalue weighted by molar-refractivity contribution is -0.140. The van der Waals surface area contributed by atoms with Crippen molar-refractivity contribution in [1.29, 1.82) is 0 Å². The second kappa shape index (κ2) is 6.18. The Hall–Kier alpha value is -1.64. The molecule has 0 amide bonds. The van der Waals surface area contributed by atoms with Crippen molar-refractivity contribution in [1.82, 2.24) is 0 Å². The summed E-state index contributed by atoms with van der Waals surface area (Å²) in [6.45, 7) is 5.72. The fraction of sp³-hybridized carbons (Fsp3) is 0.357. The molecule has 2 nitrogen and oxygen atoms in total. The molecule has 92 valence electrons. The highest BCUT2D eigenvalue weighted by atomic mass is 19.1. The van der Waals surface area contributed by atoms with E-state index >= 15 is 0 Å². The van der Waals surface area contributed by atoms with Crippen molar-refractivity contribution in [2.45, 2.75) is 20.8 Å². The zero-order valence-corrected chi connectivity index (χ0v) is 10.4. The van der Waals surface area contributed by atoms with Crippen LogP contribution < -0.4 is 0 Å². The Kier molecular flexibility index (Phi) is 4.88. The molecule has 0 radical (unpaired) electrons. The van der Waals surface area contributed by atoms with Gasteiger partial charge in [-0.05, 0) is 29.2 Å². The van der Waals surface area contributed by atoms with Gasteiger partial charge in [0.05, 0.1) is 0 Å². The lowest BCUT2D eigenvalue weighted by atomic mass is 10.0. The normalized spacial score (nSPS) is 11.7. The van der Waals surface area contributed by atoms with Gasteiger partial charge in [0, 0.05) is 6.92 Å². The Morgan fingerprint density at radius 3 is 2.41 bits per heavy atom. The van der Waals surface area contributed by atoms with Gasteiger partial charge in [-0.3, -0.25) is 4.79 Å². The molecule has 1 aromatic rings. The van der Waals surface area contributed by atoms with E-state index in [2.05, 4.69) is 0 Å². The summed E-state index contributed by atoms with van der Waals surface area (Å²) in [5, 5.41) is 0. The van der Waals surface area contributed by atoms with Crippen LogP contribution in [0.15, 0.2) is 29.8 Å². The van der Waals surface area contributed by atoms with E-state index in [1.165, 1.54) is 19.1 Å². The molecule has 1 rings (SSSR count). The molecule has 0 heterocycles. The quantitative estimate of drug-likeness (QED) is 0.749. The van der Waals surface area contributed by atoms with E-state index in [1.807, 2.05) is 19.9 Å². The minimum atomic E-state index is -0.296. The zero-order valence-electron chi connectivity index (χ0n) is 10.4. The SMILES string of the molecule is CC(=O)OCC(=Cc1ccc(F)cc1)C(C)C. The summed E-state index contributed by atoms with van der Waals surface area (Å²) in [5.41, 5.74) is 1.91. The second-order valence-electron chi connectivity index (χ2n) is 4.21. The van der Waals surface area contributed by atoms with Gasteiger partial charge in [-0.2, -0.15) is 0 Å². The molecule has 1 aromatic carbocycles. The maximum absolute atomic E-state index is 12.7. The Labute approximate surface area is 101 Å². The third-order valence-corrected chi connectivity index (χ3v) is 2.41. The maximum Gasteiger partial charge on any atom is 0.302 e. The first-order chi connectivity index (χ1) is 7.99. The van der Waals surface area contributed by atoms with Crippen molar-refractivity contribution in [3.05, 3.63) is 41.2 Å². The van der Waals surface area contributed by atoms with Crippen molar-refractivity contribution >= 4 is 12.0 Å². The monoisotopic (exact) mass is 236 g/mol. The predicted molar refractivity (Wildman–Crippen MR) is 65.8 cm³/mol. The minimum absolute atomic E-state index is 0.256. The summed E-state index contributed by atoms with van der Waals surface area (Å²) in [7, 11) is 0. The summed E-state index contributed by atoms with van der Waals surface area (Å²) >= 11 is 0. The van der Waals surface area contributed by atoms with E-state index in [0.717, 1.165) is 11.1 Å². The van der Waals surface area contributed by atoms with Crippen molar-refractivity contribution in [3.8, 4) is 0 Å². The molecule has 0 aliphatic rings. The fourth-order valence-electron chi connectivity index (χ4n) is 1.33. The minimum Gasteiger partial charge on any atom is -0.461 e. The van der Waals surface area contributed by atoms with Crippen LogP contribution in [-0.2, 0) is 9.53 Å². The van der Waals surface area contributed by atoms with E-state index in [9.17, 15) is 9.18 Å². The molecular weight excluding hydrogens is 219 g/mol. The number of esters is 1. The summed E-state index contributed by atoms with van der Waals surface area (Å²) < 4.78 is 17.7. The summed E-state index contributed by atoms with van der Waals surface area (Å²) in [6.07, 6.45) is 1.92. The average molecular weight is 236 g/mol. The molecule has 0 N–H and O–H groups in total. The van der Waals surface area contributed by atoms with Crippen LogP contribution in [0.2, 0.25) is 0 Å². The Morgan fingerprint density at radius 2 is 1.94 bits per heavy atom. The van der Waals surface area contributed by atoms with Gasteiger partial charge >= 0.3 is 5.97 Å². The van der Waals surface area contributed by atoms with Crippen LogP contribution in [0.4, 0.5) is 4.39 Å². The van der Waals surface area contributed by atoms with E-state index in [4.69, 9.17) is 4.74 Å². The molecule has 0 atom stereocenters. The molecule has 0 aliphatic heterocycles. The Balaban J connectivity index is 2.82. The fourth-order valence-corrected chi connectivity index (χ4v) is 1.33. The Morgan fingerprint density at radius 1 is 1.35 bits per heavy atom.